The lowest BCUT2D eigenvalue weighted by Crippen LogP contribution is -2.37. The highest BCUT2D eigenvalue weighted by Gasteiger charge is 2.37. The van der Waals surface area contributed by atoms with Gasteiger partial charge in [-0.3, -0.25) is 0 Å². The summed E-state index contributed by atoms with van der Waals surface area (Å²) in [6, 6.07) is 0. The van der Waals surface area contributed by atoms with Crippen molar-refractivity contribution in [1.29, 1.82) is 0 Å². The molecule has 0 aromatic carbocycles. The number of carbonyl (C=O) groups is 1. The van der Waals surface area contributed by atoms with Crippen LogP contribution in [0.5, 0.6) is 0 Å². The van der Waals surface area contributed by atoms with Crippen LogP contribution in [0, 0.1) is 11.3 Å². The van der Waals surface area contributed by atoms with Gasteiger partial charge in [-0.25, -0.2) is 4.79 Å². The first-order valence-corrected chi connectivity index (χ1v) is 5.28. The molecule has 1 aliphatic rings. The van der Waals surface area contributed by atoms with Gasteiger partial charge in [0.25, 0.3) is 0 Å². The summed E-state index contributed by atoms with van der Waals surface area (Å²) in [5.41, 5.74) is -0.536. The van der Waals surface area contributed by atoms with Gasteiger partial charge >= 0.3 is 5.97 Å². The molecule has 3 N–H and O–H groups in total. The van der Waals surface area contributed by atoms with Gasteiger partial charge in [-0.05, 0) is 18.8 Å². The Balaban J connectivity index is 2.83. The fraction of sp³-hybridized carbons (Fsp3) is 0.727. The third kappa shape index (κ3) is 2.79. The van der Waals surface area contributed by atoms with E-state index in [1.807, 2.05) is 0 Å². The molecule has 86 valence electrons. The van der Waals surface area contributed by atoms with E-state index < -0.39 is 11.4 Å². The van der Waals surface area contributed by atoms with E-state index >= 15 is 0 Å². The number of aliphatic hydroxyl groups excluding tert-OH is 2. The second kappa shape index (κ2) is 5.28. The first-order chi connectivity index (χ1) is 7.14. The lowest BCUT2D eigenvalue weighted by Gasteiger charge is -2.40. The summed E-state index contributed by atoms with van der Waals surface area (Å²) in [6.45, 7) is -0.0907. The minimum Gasteiger partial charge on any atom is -0.478 e. The van der Waals surface area contributed by atoms with Crippen LogP contribution >= 0.6 is 0 Å². The van der Waals surface area contributed by atoms with Crippen molar-refractivity contribution in [3.05, 3.63) is 12.2 Å². The summed E-state index contributed by atoms with van der Waals surface area (Å²) in [5, 5.41) is 27.2. The Morgan fingerprint density at radius 3 is 2.67 bits per heavy atom. The van der Waals surface area contributed by atoms with E-state index in [0.29, 0.717) is 0 Å². The zero-order valence-corrected chi connectivity index (χ0v) is 8.72. The standard InChI is InChI=1S/C11H18O4/c12-7-9-3-1-2-5-11(9,8-13)6-4-10(14)15/h4,6,9,12-13H,1-3,5,7-8H2,(H,14,15). The molecular formula is C11H18O4. The Kier molecular flexibility index (Phi) is 4.29. The molecule has 0 saturated heterocycles. The quantitative estimate of drug-likeness (QED) is 0.604. The molecule has 0 amide bonds. The van der Waals surface area contributed by atoms with Crippen molar-refractivity contribution in [1.82, 2.24) is 0 Å². The molecule has 0 heterocycles. The number of rotatable bonds is 4. The molecule has 0 spiro atoms. The maximum Gasteiger partial charge on any atom is 0.327 e. The van der Waals surface area contributed by atoms with Crippen LogP contribution in [0.25, 0.3) is 0 Å². The van der Waals surface area contributed by atoms with E-state index in [1.165, 1.54) is 0 Å². The first-order valence-electron chi connectivity index (χ1n) is 5.28. The number of carboxylic acids is 1. The number of hydrogen-bond acceptors (Lipinski definition) is 3. The number of carboxylic acid groups (broad SMARTS) is 1. The smallest absolute Gasteiger partial charge is 0.327 e. The Labute approximate surface area is 89.2 Å². The van der Waals surface area contributed by atoms with Crippen LogP contribution in [0.3, 0.4) is 0 Å². The predicted octanol–water partition coefficient (Wildman–Crippen LogP) is 0.788. The maximum absolute atomic E-state index is 10.5. The minimum absolute atomic E-state index is 0.00448. The van der Waals surface area contributed by atoms with E-state index in [0.717, 1.165) is 31.8 Å². The van der Waals surface area contributed by atoms with Crippen LogP contribution < -0.4 is 0 Å². The number of hydrogen-bond donors (Lipinski definition) is 3. The molecule has 2 atom stereocenters. The molecule has 0 aromatic heterocycles. The Morgan fingerprint density at radius 1 is 1.40 bits per heavy atom. The summed E-state index contributed by atoms with van der Waals surface area (Å²) in [7, 11) is 0. The zero-order valence-electron chi connectivity index (χ0n) is 8.72. The van der Waals surface area contributed by atoms with Crippen LogP contribution in [0.4, 0.5) is 0 Å². The van der Waals surface area contributed by atoms with Gasteiger partial charge in [0.15, 0.2) is 0 Å². The fourth-order valence-electron chi connectivity index (χ4n) is 2.33. The number of aliphatic hydroxyl groups is 2. The van der Waals surface area contributed by atoms with Gasteiger partial charge in [-0.2, -0.15) is 0 Å². The largest absolute Gasteiger partial charge is 0.478 e. The molecule has 1 rings (SSSR count). The summed E-state index contributed by atoms with van der Waals surface area (Å²) in [6.07, 6.45) is 6.23. The fourth-order valence-corrected chi connectivity index (χ4v) is 2.33. The average Bonchev–Trinajstić information content (AvgIpc) is 2.26. The van der Waals surface area contributed by atoms with Gasteiger partial charge in [0.1, 0.15) is 0 Å². The third-order valence-electron chi connectivity index (χ3n) is 3.33. The highest BCUT2D eigenvalue weighted by atomic mass is 16.4. The zero-order chi connectivity index (χ0) is 11.3. The number of aliphatic carboxylic acids is 1. The van der Waals surface area contributed by atoms with Gasteiger partial charge < -0.3 is 15.3 Å². The molecule has 1 fully saturated rings. The highest BCUT2D eigenvalue weighted by Crippen LogP contribution is 2.41. The second-order valence-electron chi connectivity index (χ2n) is 4.19. The van der Waals surface area contributed by atoms with E-state index in [2.05, 4.69) is 0 Å². The normalized spacial score (nSPS) is 32.0. The molecule has 0 bridgehead atoms. The molecule has 4 nitrogen and oxygen atoms in total. The van der Waals surface area contributed by atoms with Crippen LogP contribution in [0.15, 0.2) is 12.2 Å². The molecule has 4 heteroatoms. The van der Waals surface area contributed by atoms with Gasteiger partial charge in [0.2, 0.25) is 0 Å². The molecular weight excluding hydrogens is 196 g/mol. The average molecular weight is 214 g/mol. The van der Waals surface area contributed by atoms with Gasteiger partial charge in [0, 0.05) is 18.1 Å². The van der Waals surface area contributed by atoms with Crippen molar-refractivity contribution in [2.45, 2.75) is 25.7 Å². The molecule has 1 aliphatic carbocycles. The summed E-state index contributed by atoms with van der Waals surface area (Å²) >= 11 is 0. The Bertz CT molecular complexity index is 249. The maximum atomic E-state index is 10.5. The first kappa shape index (κ1) is 12.2. The van der Waals surface area contributed by atoms with Crippen LogP contribution in [0.1, 0.15) is 25.7 Å². The topological polar surface area (TPSA) is 77.8 Å². The van der Waals surface area contributed by atoms with Crippen LogP contribution in [-0.2, 0) is 4.79 Å². The van der Waals surface area contributed by atoms with Crippen molar-refractivity contribution < 1.29 is 20.1 Å². The minimum atomic E-state index is -1.01. The molecule has 0 aliphatic heterocycles. The third-order valence-corrected chi connectivity index (χ3v) is 3.33. The van der Waals surface area contributed by atoms with Gasteiger partial charge in [-0.1, -0.05) is 18.9 Å². The van der Waals surface area contributed by atoms with Gasteiger partial charge in [-0.15, -0.1) is 0 Å². The van der Waals surface area contributed by atoms with Crippen molar-refractivity contribution >= 4 is 5.97 Å². The monoisotopic (exact) mass is 214 g/mol. The lowest BCUT2D eigenvalue weighted by molar-refractivity contribution is -0.131. The van der Waals surface area contributed by atoms with Crippen molar-refractivity contribution in [3.63, 3.8) is 0 Å². The molecule has 1 saturated carbocycles. The molecule has 0 aromatic rings. The van der Waals surface area contributed by atoms with Crippen molar-refractivity contribution in [2.24, 2.45) is 11.3 Å². The Hall–Kier alpha value is -0.870. The summed E-state index contributed by atoms with van der Waals surface area (Å²) in [5.74, 6) is -1.03. The van der Waals surface area contributed by atoms with E-state index in [-0.39, 0.29) is 19.1 Å². The Morgan fingerprint density at radius 2 is 2.13 bits per heavy atom. The van der Waals surface area contributed by atoms with Gasteiger partial charge in [0.05, 0.1) is 6.61 Å². The van der Waals surface area contributed by atoms with E-state index in [9.17, 15) is 15.0 Å². The molecule has 0 radical (unpaired) electrons. The second-order valence-corrected chi connectivity index (χ2v) is 4.19. The predicted molar refractivity (Wildman–Crippen MR) is 55.3 cm³/mol. The van der Waals surface area contributed by atoms with Crippen molar-refractivity contribution in [2.75, 3.05) is 13.2 Å². The SMILES string of the molecule is O=C(O)C=CC1(CO)CCCCC1CO. The van der Waals surface area contributed by atoms with Crippen LogP contribution in [-0.4, -0.2) is 34.5 Å². The summed E-state index contributed by atoms with van der Waals surface area (Å²) in [4.78, 5) is 10.5. The highest BCUT2D eigenvalue weighted by molar-refractivity contribution is 5.79. The molecule has 2 unspecified atom stereocenters. The van der Waals surface area contributed by atoms with E-state index in [1.54, 1.807) is 6.08 Å². The lowest BCUT2D eigenvalue weighted by atomic mass is 9.67. The van der Waals surface area contributed by atoms with E-state index in [4.69, 9.17) is 5.11 Å². The molecule has 15 heavy (non-hydrogen) atoms. The summed E-state index contributed by atoms with van der Waals surface area (Å²) < 4.78 is 0. The van der Waals surface area contributed by atoms with Crippen molar-refractivity contribution in [3.8, 4) is 0 Å². The van der Waals surface area contributed by atoms with Crippen LogP contribution in [0.2, 0.25) is 0 Å².